The van der Waals surface area contributed by atoms with Crippen LogP contribution in [0.4, 0.5) is 0 Å². The normalized spacial score (nSPS) is 11.4. The number of carbonyl (C=O) groups excluding carboxylic acids is 1. The van der Waals surface area contributed by atoms with E-state index < -0.39 is 12.0 Å². The third kappa shape index (κ3) is 3.07. The van der Waals surface area contributed by atoms with Crippen molar-refractivity contribution in [2.24, 2.45) is 5.73 Å². The van der Waals surface area contributed by atoms with Gasteiger partial charge in [-0.1, -0.05) is 6.58 Å². The fourth-order valence-electron chi connectivity index (χ4n) is 0.458. The monoisotopic (exact) mass is 141 g/mol. The number of esters is 1. The first kappa shape index (κ1) is 8.95. The molecule has 10 heavy (non-hydrogen) atoms. The van der Waals surface area contributed by atoms with Gasteiger partial charge in [0.1, 0.15) is 6.04 Å². The molecule has 0 amide bonds. The highest BCUT2D eigenvalue weighted by molar-refractivity contribution is 5.75. The van der Waals surface area contributed by atoms with E-state index in [9.17, 15) is 4.79 Å². The molecule has 0 aliphatic carbocycles. The molecular weight excluding hydrogens is 130 g/mol. The summed E-state index contributed by atoms with van der Waals surface area (Å²) in [7, 11) is 1.31. The lowest BCUT2D eigenvalue weighted by molar-refractivity contribution is -0.142. The summed E-state index contributed by atoms with van der Waals surface area (Å²) in [6.45, 7) is 3.33. The second-order valence-electron chi connectivity index (χ2n) is 1.77. The maximum absolute atomic E-state index is 10.6. The summed E-state index contributed by atoms with van der Waals surface area (Å²) in [5, 5.41) is 0. The van der Waals surface area contributed by atoms with Gasteiger partial charge in [0.2, 0.25) is 0 Å². The van der Waals surface area contributed by atoms with Crippen molar-refractivity contribution in [1.29, 1.82) is 0 Å². The lowest BCUT2D eigenvalue weighted by Gasteiger charge is -2.03. The van der Waals surface area contributed by atoms with Crippen LogP contribution < -0.4 is 5.73 Å². The molecule has 0 fully saturated rings. The Morgan fingerprint density at radius 2 is 2.60 bits per heavy atom. The number of hydrogen-bond acceptors (Lipinski definition) is 3. The molecule has 0 rings (SSSR count). The summed E-state index contributed by atoms with van der Waals surface area (Å²) in [5.41, 5.74) is 7.86. The van der Waals surface area contributed by atoms with E-state index in [1.165, 1.54) is 7.11 Å². The van der Waals surface area contributed by atoms with Crippen molar-refractivity contribution in [3.63, 3.8) is 0 Å². The number of ether oxygens (including phenoxy) is 1. The molecule has 0 spiro atoms. The smallest absolute Gasteiger partial charge is 0.322 e. The highest BCUT2D eigenvalue weighted by Crippen LogP contribution is 1.90. The standard InChI is InChI=1S/C7H11NO2/c1-3-4-5-6(8)7(9)10-2/h4,6H,1,5,8H2,2H3. The van der Waals surface area contributed by atoms with Crippen molar-refractivity contribution in [3.05, 3.63) is 18.4 Å². The Morgan fingerprint density at radius 3 is 3.00 bits per heavy atom. The minimum absolute atomic E-state index is 0.411. The number of nitrogens with two attached hydrogens (primary N) is 1. The Balaban J connectivity index is 3.72. The van der Waals surface area contributed by atoms with E-state index >= 15 is 0 Å². The van der Waals surface area contributed by atoms with Crippen LogP contribution in [0, 0.1) is 0 Å². The molecule has 2 N–H and O–H groups in total. The predicted octanol–water partition coefficient (Wildman–Crippen LogP) is 0.218. The van der Waals surface area contributed by atoms with E-state index in [0.717, 1.165) is 0 Å². The number of hydrogen-bond donors (Lipinski definition) is 1. The molecule has 0 radical (unpaired) electrons. The average Bonchev–Trinajstić information content (AvgIpc) is 1.98. The first-order valence-corrected chi connectivity index (χ1v) is 2.90. The molecule has 3 heteroatoms. The summed E-state index contributed by atoms with van der Waals surface area (Å²) in [6.07, 6.45) is 2.03. The molecule has 0 heterocycles. The zero-order valence-electron chi connectivity index (χ0n) is 5.96. The van der Waals surface area contributed by atoms with Gasteiger partial charge in [-0.05, 0) is 12.5 Å². The van der Waals surface area contributed by atoms with E-state index in [-0.39, 0.29) is 0 Å². The summed E-state index contributed by atoms with van der Waals surface area (Å²) in [6, 6.07) is -0.584. The summed E-state index contributed by atoms with van der Waals surface area (Å²) in [4.78, 5) is 10.6. The highest BCUT2D eigenvalue weighted by Gasteiger charge is 2.10. The quantitative estimate of drug-likeness (QED) is 0.451. The summed E-state index contributed by atoms with van der Waals surface area (Å²) >= 11 is 0. The van der Waals surface area contributed by atoms with Crippen LogP contribution in [0.1, 0.15) is 6.42 Å². The van der Waals surface area contributed by atoms with Crippen LogP contribution in [-0.4, -0.2) is 19.1 Å². The Hall–Kier alpha value is -1.05. The molecule has 0 bridgehead atoms. The minimum Gasteiger partial charge on any atom is -0.468 e. The maximum Gasteiger partial charge on any atom is 0.322 e. The van der Waals surface area contributed by atoms with Crippen molar-refractivity contribution >= 4 is 5.97 Å². The lowest BCUT2D eigenvalue weighted by atomic mass is 10.2. The van der Waals surface area contributed by atoms with Crippen LogP contribution in [0.15, 0.2) is 18.4 Å². The van der Waals surface area contributed by atoms with Crippen LogP contribution in [0.2, 0.25) is 0 Å². The van der Waals surface area contributed by atoms with Crippen molar-refractivity contribution < 1.29 is 9.53 Å². The van der Waals surface area contributed by atoms with Gasteiger partial charge in [0.25, 0.3) is 0 Å². The van der Waals surface area contributed by atoms with E-state index in [1.54, 1.807) is 6.08 Å². The van der Waals surface area contributed by atoms with E-state index in [0.29, 0.717) is 6.42 Å². The fraction of sp³-hybridized carbons (Fsp3) is 0.429. The second-order valence-corrected chi connectivity index (χ2v) is 1.77. The Morgan fingerprint density at radius 1 is 2.00 bits per heavy atom. The summed E-state index contributed by atoms with van der Waals surface area (Å²) < 4.78 is 4.38. The van der Waals surface area contributed by atoms with Gasteiger partial charge in [-0.25, -0.2) is 0 Å². The number of carbonyl (C=O) groups is 1. The van der Waals surface area contributed by atoms with Crippen molar-refractivity contribution in [3.8, 4) is 0 Å². The molecule has 0 aliphatic heterocycles. The minimum atomic E-state index is -0.584. The second kappa shape index (κ2) is 4.79. The van der Waals surface area contributed by atoms with Gasteiger partial charge in [0.05, 0.1) is 7.11 Å². The van der Waals surface area contributed by atoms with E-state index in [1.807, 2.05) is 0 Å². The van der Waals surface area contributed by atoms with Gasteiger partial charge in [0.15, 0.2) is 0 Å². The van der Waals surface area contributed by atoms with Crippen LogP contribution in [0.3, 0.4) is 0 Å². The SMILES string of the molecule is C=C=CCC(N)C(=O)OC. The Kier molecular flexibility index (Phi) is 4.29. The first-order valence-electron chi connectivity index (χ1n) is 2.90. The molecule has 1 atom stereocenters. The first-order chi connectivity index (χ1) is 4.72. The van der Waals surface area contributed by atoms with E-state index in [2.05, 4.69) is 17.0 Å². The molecule has 0 aromatic heterocycles. The van der Waals surface area contributed by atoms with Gasteiger partial charge in [-0.3, -0.25) is 4.79 Å². The van der Waals surface area contributed by atoms with Gasteiger partial charge >= 0.3 is 5.97 Å². The highest BCUT2D eigenvalue weighted by atomic mass is 16.5. The lowest BCUT2D eigenvalue weighted by Crippen LogP contribution is -2.30. The van der Waals surface area contributed by atoms with E-state index in [4.69, 9.17) is 5.73 Å². The zero-order chi connectivity index (χ0) is 7.98. The topological polar surface area (TPSA) is 52.3 Å². The van der Waals surface area contributed by atoms with Crippen LogP contribution in [0.5, 0.6) is 0 Å². The fourth-order valence-corrected chi connectivity index (χ4v) is 0.458. The largest absolute Gasteiger partial charge is 0.468 e. The molecule has 3 nitrogen and oxygen atoms in total. The van der Waals surface area contributed by atoms with Crippen molar-refractivity contribution in [2.45, 2.75) is 12.5 Å². The third-order valence-corrected chi connectivity index (χ3v) is 1.02. The van der Waals surface area contributed by atoms with Crippen LogP contribution in [-0.2, 0) is 9.53 Å². The third-order valence-electron chi connectivity index (χ3n) is 1.02. The van der Waals surface area contributed by atoms with Gasteiger partial charge < -0.3 is 10.5 Å². The molecule has 0 saturated carbocycles. The van der Waals surface area contributed by atoms with Crippen LogP contribution >= 0.6 is 0 Å². The van der Waals surface area contributed by atoms with Crippen LogP contribution in [0.25, 0.3) is 0 Å². The molecular formula is C7H11NO2. The predicted molar refractivity (Wildman–Crippen MR) is 38.3 cm³/mol. The molecule has 0 aliphatic rings. The maximum atomic E-state index is 10.6. The molecule has 0 aromatic rings. The number of rotatable bonds is 3. The van der Waals surface area contributed by atoms with Gasteiger partial charge in [0, 0.05) is 0 Å². The summed E-state index contributed by atoms with van der Waals surface area (Å²) in [5.74, 6) is -0.411. The molecule has 0 aromatic carbocycles. The van der Waals surface area contributed by atoms with Crippen molar-refractivity contribution in [2.75, 3.05) is 7.11 Å². The molecule has 0 saturated heterocycles. The van der Waals surface area contributed by atoms with Crippen molar-refractivity contribution in [1.82, 2.24) is 0 Å². The zero-order valence-corrected chi connectivity index (χ0v) is 5.96. The Labute approximate surface area is 60.2 Å². The number of methoxy groups -OCH3 is 1. The van der Waals surface area contributed by atoms with Gasteiger partial charge in [-0.15, -0.1) is 5.73 Å². The Bertz CT molecular complexity index is 159. The average molecular weight is 141 g/mol. The van der Waals surface area contributed by atoms with Gasteiger partial charge in [-0.2, -0.15) is 0 Å². The molecule has 56 valence electrons. The molecule has 1 unspecified atom stereocenters.